The summed E-state index contributed by atoms with van der Waals surface area (Å²) in [6.07, 6.45) is 0. The summed E-state index contributed by atoms with van der Waals surface area (Å²) in [6.45, 7) is 0.0898. The molecule has 0 unspecified atom stereocenters. The first-order valence-corrected chi connectivity index (χ1v) is 9.26. The van der Waals surface area contributed by atoms with Crippen LogP contribution in [0.25, 0.3) is 0 Å². The zero-order valence-electron chi connectivity index (χ0n) is 12.9. The second kappa shape index (κ2) is 6.11. The minimum absolute atomic E-state index is 0.0898. The molecule has 0 heterocycles. The van der Waals surface area contributed by atoms with Crippen molar-refractivity contribution in [1.82, 2.24) is 0 Å². The smallest absolute Gasteiger partial charge is 0.183 e. The maximum Gasteiger partial charge on any atom is 0.183 e. The SMILES string of the molecule is COC[C@@]1(N)[C@H](c2ccc(F)cc2)[C@@H]1S(=O)(=O)c1ccc(Cl)cc1. The van der Waals surface area contributed by atoms with Crippen molar-refractivity contribution in [2.75, 3.05) is 13.7 Å². The van der Waals surface area contributed by atoms with E-state index >= 15 is 0 Å². The fourth-order valence-electron chi connectivity index (χ4n) is 3.24. The van der Waals surface area contributed by atoms with Crippen LogP contribution in [0.2, 0.25) is 5.02 Å². The maximum absolute atomic E-state index is 13.2. The number of sulfone groups is 1. The van der Waals surface area contributed by atoms with Gasteiger partial charge in [0.1, 0.15) is 5.82 Å². The van der Waals surface area contributed by atoms with Crippen LogP contribution < -0.4 is 5.73 Å². The summed E-state index contributed by atoms with van der Waals surface area (Å²) in [7, 11) is -2.20. The van der Waals surface area contributed by atoms with Crippen molar-refractivity contribution in [2.24, 2.45) is 5.73 Å². The summed E-state index contributed by atoms with van der Waals surface area (Å²) in [4.78, 5) is 0.160. The van der Waals surface area contributed by atoms with E-state index in [1.54, 1.807) is 12.1 Å². The van der Waals surface area contributed by atoms with Gasteiger partial charge in [0.15, 0.2) is 9.84 Å². The third-order valence-electron chi connectivity index (χ3n) is 4.40. The van der Waals surface area contributed by atoms with Crippen LogP contribution in [0.4, 0.5) is 4.39 Å². The van der Waals surface area contributed by atoms with Crippen molar-refractivity contribution in [3.63, 3.8) is 0 Å². The first-order valence-electron chi connectivity index (χ1n) is 7.33. The number of ether oxygens (including phenoxy) is 1. The molecular formula is C17H17ClFNO3S. The molecule has 3 atom stereocenters. The Labute approximate surface area is 145 Å². The predicted octanol–water partition coefficient (Wildman–Crippen LogP) is 2.76. The van der Waals surface area contributed by atoms with Gasteiger partial charge in [-0.1, -0.05) is 23.7 Å². The molecule has 1 aliphatic rings. The summed E-state index contributed by atoms with van der Waals surface area (Å²) in [5.41, 5.74) is 5.97. The lowest BCUT2D eigenvalue weighted by Gasteiger charge is -2.11. The van der Waals surface area contributed by atoms with Crippen LogP contribution in [0.5, 0.6) is 0 Å². The Morgan fingerprint density at radius 1 is 1.17 bits per heavy atom. The third-order valence-corrected chi connectivity index (χ3v) is 6.96. The Bertz CT molecular complexity index is 839. The molecule has 4 nitrogen and oxygen atoms in total. The number of hydrogen-bond acceptors (Lipinski definition) is 4. The highest BCUT2D eigenvalue weighted by molar-refractivity contribution is 7.92. The van der Waals surface area contributed by atoms with Crippen molar-refractivity contribution in [3.8, 4) is 0 Å². The highest BCUT2D eigenvalue weighted by Gasteiger charge is 2.69. The number of methoxy groups -OCH3 is 1. The first-order chi connectivity index (χ1) is 11.3. The van der Waals surface area contributed by atoms with Gasteiger partial charge < -0.3 is 10.5 Å². The van der Waals surface area contributed by atoms with E-state index in [2.05, 4.69) is 0 Å². The Balaban J connectivity index is 2.01. The molecule has 0 aromatic heterocycles. The quantitative estimate of drug-likeness (QED) is 0.879. The molecule has 128 valence electrons. The van der Waals surface area contributed by atoms with Gasteiger partial charge in [-0.3, -0.25) is 0 Å². The highest BCUT2D eigenvalue weighted by Crippen LogP contribution is 2.55. The van der Waals surface area contributed by atoms with Gasteiger partial charge in [0.25, 0.3) is 0 Å². The zero-order chi connectivity index (χ0) is 17.5. The second-order valence-corrected chi connectivity index (χ2v) is 8.50. The summed E-state index contributed by atoms with van der Waals surface area (Å²) in [6, 6.07) is 11.7. The molecule has 2 aromatic rings. The molecule has 0 aliphatic heterocycles. The molecule has 3 rings (SSSR count). The van der Waals surface area contributed by atoms with Gasteiger partial charge in [-0.25, -0.2) is 12.8 Å². The Kier molecular flexibility index (Phi) is 4.42. The molecule has 0 saturated heterocycles. The van der Waals surface area contributed by atoms with Crippen LogP contribution in [-0.4, -0.2) is 32.9 Å². The van der Waals surface area contributed by atoms with Crippen LogP contribution in [-0.2, 0) is 14.6 Å². The van der Waals surface area contributed by atoms with Crippen molar-refractivity contribution in [2.45, 2.75) is 21.6 Å². The summed E-state index contributed by atoms with van der Waals surface area (Å²) < 4.78 is 44.3. The van der Waals surface area contributed by atoms with Gasteiger partial charge in [0, 0.05) is 18.1 Å². The van der Waals surface area contributed by atoms with E-state index in [0.717, 1.165) is 0 Å². The van der Waals surface area contributed by atoms with Crippen molar-refractivity contribution in [1.29, 1.82) is 0 Å². The highest BCUT2D eigenvalue weighted by atomic mass is 35.5. The van der Waals surface area contributed by atoms with Crippen molar-refractivity contribution < 1.29 is 17.5 Å². The lowest BCUT2D eigenvalue weighted by Crippen LogP contribution is -2.35. The molecule has 2 aromatic carbocycles. The molecule has 0 spiro atoms. The second-order valence-electron chi connectivity index (χ2n) is 5.99. The minimum Gasteiger partial charge on any atom is -0.383 e. The predicted molar refractivity (Wildman–Crippen MR) is 90.4 cm³/mol. The average Bonchev–Trinajstić information content (AvgIpc) is 3.15. The molecule has 1 fully saturated rings. The van der Waals surface area contributed by atoms with Gasteiger partial charge in [-0.15, -0.1) is 0 Å². The van der Waals surface area contributed by atoms with Crippen LogP contribution >= 0.6 is 11.6 Å². The lowest BCUT2D eigenvalue weighted by molar-refractivity contribution is 0.171. The Morgan fingerprint density at radius 2 is 1.75 bits per heavy atom. The molecule has 0 bridgehead atoms. The van der Waals surface area contributed by atoms with Crippen molar-refractivity contribution >= 4 is 21.4 Å². The number of benzene rings is 2. The molecule has 0 amide bonds. The van der Waals surface area contributed by atoms with Gasteiger partial charge in [-0.05, 0) is 42.0 Å². The van der Waals surface area contributed by atoms with E-state index in [9.17, 15) is 12.8 Å². The van der Waals surface area contributed by atoms with Gasteiger partial charge >= 0.3 is 0 Å². The van der Waals surface area contributed by atoms with E-state index in [-0.39, 0.29) is 17.3 Å². The van der Waals surface area contributed by atoms with Crippen LogP contribution in [0.1, 0.15) is 11.5 Å². The van der Waals surface area contributed by atoms with Crippen LogP contribution in [0.15, 0.2) is 53.4 Å². The van der Waals surface area contributed by atoms with Crippen LogP contribution in [0, 0.1) is 5.82 Å². The van der Waals surface area contributed by atoms with Gasteiger partial charge in [0.05, 0.1) is 22.3 Å². The summed E-state index contributed by atoms with van der Waals surface area (Å²) >= 11 is 5.83. The van der Waals surface area contributed by atoms with Gasteiger partial charge in [-0.2, -0.15) is 0 Å². The molecule has 0 radical (unpaired) electrons. The Morgan fingerprint density at radius 3 is 2.29 bits per heavy atom. The monoisotopic (exact) mass is 369 g/mol. The van der Waals surface area contributed by atoms with E-state index in [4.69, 9.17) is 22.1 Å². The van der Waals surface area contributed by atoms with E-state index in [1.165, 1.54) is 43.5 Å². The number of rotatable bonds is 5. The van der Waals surface area contributed by atoms with Gasteiger partial charge in [0.2, 0.25) is 0 Å². The van der Waals surface area contributed by atoms with Crippen molar-refractivity contribution in [3.05, 3.63) is 64.9 Å². The fourth-order valence-corrected chi connectivity index (χ4v) is 5.66. The normalized spacial score (nSPS) is 26.3. The maximum atomic E-state index is 13.2. The number of hydrogen-bond donors (Lipinski definition) is 1. The Hall–Kier alpha value is -1.47. The molecule has 1 aliphatic carbocycles. The number of nitrogens with two attached hydrogens (primary N) is 1. The molecule has 1 saturated carbocycles. The fraction of sp³-hybridized carbons (Fsp3) is 0.294. The largest absolute Gasteiger partial charge is 0.383 e. The van der Waals surface area contributed by atoms with Crippen LogP contribution in [0.3, 0.4) is 0 Å². The summed E-state index contributed by atoms with van der Waals surface area (Å²) in [5.74, 6) is -0.843. The average molecular weight is 370 g/mol. The third kappa shape index (κ3) is 2.84. The summed E-state index contributed by atoms with van der Waals surface area (Å²) in [5, 5.41) is -0.382. The van der Waals surface area contributed by atoms with E-state index < -0.39 is 26.5 Å². The lowest BCUT2D eigenvalue weighted by atomic mass is 10.1. The number of halogens is 2. The molecule has 2 N–H and O–H groups in total. The molecule has 7 heteroatoms. The molecular weight excluding hydrogens is 353 g/mol. The topological polar surface area (TPSA) is 69.4 Å². The standard InChI is InChI=1S/C17H17ClFNO3S/c1-23-10-17(20)15(11-2-6-13(19)7-3-11)16(17)24(21,22)14-8-4-12(18)5-9-14/h2-9,15-16H,10,20H2,1H3/t15-,16+,17-/m1/s1. The minimum atomic E-state index is -3.68. The first kappa shape index (κ1) is 17.4. The zero-order valence-corrected chi connectivity index (χ0v) is 14.5. The van der Waals surface area contributed by atoms with E-state index in [1.807, 2.05) is 0 Å². The van der Waals surface area contributed by atoms with E-state index in [0.29, 0.717) is 10.6 Å². The molecule has 24 heavy (non-hydrogen) atoms.